The first-order valence-corrected chi connectivity index (χ1v) is 8.62. The van der Waals surface area contributed by atoms with Gasteiger partial charge in [-0.15, -0.1) is 0 Å². The van der Waals surface area contributed by atoms with Crippen LogP contribution < -0.4 is 10.8 Å². The Morgan fingerprint density at radius 2 is 1.58 bits per heavy atom. The first-order chi connectivity index (χ1) is 12.7. The van der Waals surface area contributed by atoms with Crippen LogP contribution in [0.2, 0.25) is 0 Å². The summed E-state index contributed by atoms with van der Waals surface area (Å²) in [6, 6.07) is 16.3. The van der Waals surface area contributed by atoms with E-state index in [1.165, 1.54) is 0 Å². The highest BCUT2D eigenvalue weighted by atomic mass is 16.5. The molecule has 138 valence electrons. The molecule has 26 heavy (non-hydrogen) atoms. The van der Waals surface area contributed by atoms with Gasteiger partial charge in [-0.25, -0.2) is 5.48 Å². The summed E-state index contributed by atoms with van der Waals surface area (Å²) >= 11 is 0. The maximum absolute atomic E-state index is 12.5. The molecule has 0 aliphatic heterocycles. The van der Waals surface area contributed by atoms with E-state index in [0.717, 1.165) is 11.1 Å². The summed E-state index contributed by atoms with van der Waals surface area (Å²) in [6.45, 7) is 0.546. The lowest BCUT2D eigenvalue weighted by molar-refractivity contribution is -0.131. The number of amides is 1. The number of aliphatic hydroxyl groups excluding tert-OH is 1. The molecule has 0 heterocycles. The third kappa shape index (κ3) is 5.77. The molecule has 0 spiro atoms. The minimum Gasteiger partial charge on any atom is -0.396 e. The molecule has 2 rings (SSSR count). The SMILES string of the molecule is O=C(CC(NCCCCO)C(=O)NO)c1ccc(-c2ccccc2)cc1. The van der Waals surface area contributed by atoms with Gasteiger partial charge in [0.25, 0.3) is 5.91 Å². The highest BCUT2D eigenvalue weighted by Gasteiger charge is 2.21. The maximum Gasteiger partial charge on any atom is 0.260 e. The number of hydrogen-bond donors (Lipinski definition) is 4. The van der Waals surface area contributed by atoms with E-state index in [9.17, 15) is 9.59 Å². The quantitative estimate of drug-likeness (QED) is 0.226. The lowest BCUT2D eigenvalue weighted by Crippen LogP contribution is -2.44. The zero-order valence-electron chi connectivity index (χ0n) is 14.5. The number of hydroxylamine groups is 1. The zero-order chi connectivity index (χ0) is 18.8. The van der Waals surface area contributed by atoms with E-state index in [1.807, 2.05) is 42.5 Å². The molecule has 1 amide bonds. The summed E-state index contributed by atoms with van der Waals surface area (Å²) in [5.41, 5.74) is 4.17. The summed E-state index contributed by atoms with van der Waals surface area (Å²) in [5, 5.41) is 20.6. The number of unbranched alkanes of at least 4 members (excludes halogenated alkanes) is 1. The third-order valence-electron chi connectivity index (χ3n) is 4.11. The summed E-state index contributed by atoms with van der Waals surface area (Å²) in [5.74, 6) is -0.837. The minimum atomic E-state index is -0.819. The van der Waals surface area contributed by atoms with E-state index in [0.29, 0.717) is 24.9 Å². The van der Waals surface area contributed by atoms with Crippen molar-refractivity contribution >= 4 is 11.7 Å². The van der Waals surface area contributed by atoms with E-state index in [4.69, 9.17) is 10.3 Å². The zero-order valence-corrected chi connectivity index (χ0v) is 14.5. The Balaban J connectivity index is 2.00. The van der Waals surface area contributed by atoms with Crippen LogP contribution in [0.5, 0.6) is 0 Å². The van der Waals surface area contributed by atoms with Gasteiger partial charge in [0.1, 0.15) is 0 Å². The largest absolute Gasteiger partial charge is 0.396 e. The van der Waals surface area contributed by atoms with Gasteiger partial charge in [0.2, 0.25) is 0 Å². The fourth-order valence-electron chi connectivity index (χ4n) is 2.63. The second-order valence-electron chi connectivity index (χ2n) is 5.98. The molecule has 0 aliphatic rings. The molecule has 2 aromatic rings. The van der Waals surface area contributed by atoms with Crippen molar-refractivity contribution in [3.63, 3.8) is 0 Å². The second kappa shape index (κ2) is 10.5. The number of carbonyl (C=O) groups is 2. The Morgan fingerprint density at radius 1 is 0.923 bits per heavy atom. The van der Waals surface area contributed by atoms with Gasteiger partial charge < -0.3 is 10.4 Å². The molecule has 0 saturated heterocycles. The third-order valence-corrected chi connectivity index (χ3v) is 4.11. The average Bonchev–Trinajstić information content (AvgIpc) is 2.70. The molecule has 2 aromatic carbocycles. The Bertz CT molecular complexity index is 702. The number of Topliss-reactive ketones (excluding diaryl/α,β-unsaturated/α-hetero) is 1. The highest BCUT2D eigenvalue weighted by Crippen LogP contribution is 2.20. The van der Waals surface area contributed by atoms with Gasteiger partial charge in [0, 0.05) is 18.6 Å². The number of aliphatic hydroxyl groups is 1. The van der Waals surface area contributed by atoms with Crippen molar-refractivity contribution in [3.05, 3.63) is 60.2 Å². The molecule has 1 unspecified atom stereocenters. The molecule has 0 bridgehead atoms. The van der Waals surface area contributed by atoms with Gasteiger partial charge in [0.05, 0.1) is 6.04 Å². The molecular formula is C20H24N2O4. The summed E-state index contributed by atoms with van der Waals surface area (Å²) in [6.07, 6.45) is 1.22. The van der Waals surface area contributed by atoms with Crippen LogP contribution in [0.3, 0.4) is 0 Å². The Labute approximate surface area is 152 Å². The Hall–Kier alpha value is -2.54. The van der Waals surface area contributed by atoms with Crippen molar-refractivity contribution < 1.29 is 19.9 Å². The van der Waals surface area contributed by atoms with Crippen LogP contribution in [-0.2, 0) is 4.79 Å². The number of nitrogens with one attached hydrogen (secondary N) is 2. The van der Waals surface area contributed by atoms with Crippen molar-refractivity contribution in [1.82, 2.24) is 10.8 Å². The molecule has 6 nitrogen and oxygen atoms in total. The van der Waals surface area contributed by atoms with E-state index >= 15 is 0 Å². The van der Waals surface area contributed by atoms with Crippen LogP contribution in [0.1, 0.15) is 29.6 Å². The smallest absolute Gasteiger partial charge is 0.260 e. The molecule has 0 radical (unpaired) electrons. The first-order valence-electron chi connectivity index (χ1n) is 8.62. The molecule has 1 atom stereocenters. The van der Waals surface area contributed by atoms with Crippen LogP contribution in [0, 0.1) is 0 Å². The van der Waals surface area contributed by atoms with Crippen molar-refractivity contribution in [2.45, 2.75) is 25.3 Å². The van der Waals surface area contributed by atoms with Crippen molar-refractivity contribution in [2.24, 2.45) is 0 Å². The summed E-state index contributed by atoms with van der Waals surface area (Å²) in [7, 11) is 0. The van der Waals surface area contributed by atoms with Gasteiger partial charge in [-0.05, 0) is 30.5 Å². The lowest BCUT2D eigenvalue weighted by atomic mass is 9.99. The molecule has 0 fully saturated rings. The number of benzene rings is 2. The summed E-state index contributed by atoms with van der Waals surface area (Å²) < 4.78 is 0. The summed E-state index contributed by atoms with van der Waals surface area (Å²) in [4.78, 5) is 24.2. The Morgan fingerprint density at radius 3 is 2.19 bits per heavy atom. The highest BCUT2D eigenvalue weighted by molar-refractivity contribution is 5.99. The van der Waals surface area contributed by atoms with Crippen LogP contribution in [-0.4, -0.2) is 41.2 Å². The van der Waals surface area contributed by atoms with E-state index in [1.54, 1.807) is 17.6 Å². The van der Waals surface area contributed by atoms with Crippen molar-refractivity contribution in [1.29, 1.82) is 0 Å². The van der Waals surface area contributed by atoms with E-state index in [2.05, 4.69) is 5.32 Å². The predicted molar refractivity (Wildman–Crippen MR) is 98.9 cm³/mol. The number of rotatable bonds is 10. The van der Waals surface area contributed by atoms with E-state index in [-0.39, 0.29) is 18.8 Å². The normalized spacial score (nSPS) is 11.8. The van der Waals surface area contributed by atoms with Crippen LogP contribution >= 0.6 is 0 Å². The standard InChI is InChI=1S/C20H24N2O4/c23-13-5-4-12-21-18(20(25)22-26)14-19(24)17-10-8-16(9-11-17)15-6-2-1-3-7-15/h1-3,6-11,18,21,23,26H,4-5,12-14H2,(H,22,25). The van der Waals surface area contributed by atoms with Crippen LogP contribution in [0.4, 0.5) is 0 Å². The van der Waals surface area contributed by atoms with Gasteiger partial charge in [-0.2, -0.15) is 0 Å². The predicted octanol–water partition coefficient (Wildman–Crippen LogP) is 2.16. The van der Waals surface area contributed by atoms with Gasteiger partial charge in [0.15, 0.2) is 5.78 Å². The maximum atomic E-state index is 12.5. The lowest BCUT2D eigenvalue weighted by Gasteiger charge is -2.16. The minimum absolute atomic E-state index is 0.0593. The second-order valence-corrected chi connectivity index (χ2v) is 5.98. The topological polar surface area (TPSA) is 98.7 Å². The average molecular weight is 356 g/mol. The van der Waals surface area contributed by atoms with Crippen molar-refractivity contribution in [3.8, 4) is 11.1 Å². The van der Waals surface area contributed by atoms with Crippen LogP contribution in [0.15, 0.2) is 54.6 Å². The van der Waals surface area contributed by atoms with Gasteiger partial charge in [-0.3, -0.25) is 14.8 Å². The van der Waals surface area contributed by atoms with Gasteiger partial charge in [-0.1, -0.05) is 54.6 Å². The molecule has 0 saturated carbocycles. The molecule has 0 aromatic heterocycles. The molecular weight excluding hydrogens is 332 g/mol. The number of carbonyl (C=O) groups excluding carboxylic acids is 2. The number of ketones is 1. The molecule has 6 heteroatoms. The first kappa shape index (κ1) is 19.8. The van der Waals surface area contributed by atoms with Gasteiger partial charge >= 0.3 is 0 Å². The number of hydrogen-bond acceptors (Lipinski definition) is 5. The fraction of sp³-hybridized carbons (Fsp3) is 0.300. The monoisotopic (exact) mass is 356 g/mol. The van der Waals surface area contributed by atoms with E-state index < -0.39 is 11.9 Å². The Kier molecular flexibility index (Phi) is 7.95. The molecule has 0 aliphatic carbocycles. The fourth-order valence-corrected chi connectivity index (χ4v) is 2.63. The van der Waals surface area contributed by atoms with Crippen LogP contribution in [0.25, 0.3) is 11.1 Å². The van der Waals surface area contributed by atoms with Crippen molar-refractivity contribution in [2.75, 3.05) is 13.2 Å². The molecule has 4 N–H and O–H groups in total.